The van der Waals surface area contributed by atoms with Crippen LogP contribution >= 0.6 is 0 Å². The van der Waals surface area contributed by atoms with E-state index in [1.807, 2.05) is 12.1 Å². The smallest absolute Gasteiger partial charge is 0.257 e. The van der Waals surface area contributed by atoms with Crippen molar-refractivity contribution in [3.8, 4) is 0 Å². The van der Waals surface area contributed by atoms with Gasteiger partial charge in [0.05, 0.1) is 11.7 Å². The van der Waals surface area contributed by atoms with Crippen molar-refractivity contribution in [1.29, 1.82) is 0 Å². The van der Waals surface area contributed by atoms with Crippen molar-refractivity contribution in [3.05, 3.63) is 59.3 Å². The van der Waals surface area contributed by atoms with Crippen molar-refractivity contribution < 1.29 is 9.90 Å². The number of pyridine rings is 1. The van der Waals surface area contributed by atoms with Gasteiger partial charge in [0.15, 0.2) is 0 Å². The van der Waals surface area contributed by atoms with Crippen molar-refractivity contribution in [2.75, 3.05) is 18.8 Å². The number of β-amino-alcohol motifs (C(OH)–C–C–N with tert-alkyl or cyclic N) is 1. The Morgan fingerprint density at radius 1 is 1.33 bits per heavy atom. The molecule has 1 saturated heterocycles. The van der Waals surface area contributed by atoms with Gasteiger partial charge in [0.25, 0.3) is 5.91 Å². The van der Waals surface area contributed by atoms with E-state index in [-0.39, 0.29) is 17.6 Å². The number of nitrogens with two attached hydrogens (primary N) is 1. The first kappa shape index (κ1) is 16.5. The van der Waals surface area contributed by atoms with E-state index in [2.05, 4.69) is 24.0 Å². The Balaban J connectivity index is 1.66. The van der Waals surface area contributed by atoms with Crippen molar-refractivity contribution in [2.45, 2.75) is 25.9 Å². The number of hydrogen-bond donors (Lipinski definition) is 2. The number of carbonyl (C=O) groups is 1. The lowest BCUT2D eigenvalue weighted by atomic mass is 9.86. The first-order chi connectivity index (χ1) is 11.6. The summed E-state index contributed by atoms with van der Waals surface area (Å²) in [6.07, 6.45) is 2.65. The molecule has 0 unspecified atom stereocenters. The van der Waals surface area contributed by atoms with E-state index in [9.17, 15) is 9.90 Å². The first-order valence-electron chi connectivity index (χ1n) is 8.28. The third-order valence-electron chi connectivity index (χ3n) is 4.82. The maximum Gasteiger partial charge on any atom is 0.257 e. The topological polar surface area (TPSA) is 79.5 Å². The number of aromatic nitrogens is 1. The van der Waals surface area contributed by atoms with E-state index in [1.54, 1.807) is 23.2 Å². The molecule has 0 bridgehead atoms. The molecule has 2 heterocycles. The minimum absolute atomic E-state index is 0.158. The van der Waals surface area contributed by atoms with Gasteiger partial charge in [-0.25, -0.2) is 4.98 Å². The summed E-state index contributed by atoms with van der Waals surface area (Å²) >= 11 is 0. The number of piperidine rings is 1. The predicted molar refractivity (Wildman–Crippen MR) is 93.5 cm³/mol. The zero-order valence-corrected chi connectivity index (χ0v) is 13.9. The molecule has 5 heteroatoms. The van der Waals surface area contributed by atoms with Crippen LogP contribution in [0.3, 0.4) is 0 Å². The zero-order chi connectivity index (χ0) is 17.1. The summed E-state index contributed by atoms with van der Waals surface area (Å²) in [5.41, 5.74) is 8.70. The molecule has 1 aromatic heterocycles. The normalized spacial score (nSPS) is 20.8. The maximum atomic E-state index is 12.6. The second kappa shape index (κ2) is 7.01. The van der Waals surface area contributed by atoms with Crippen molar-refractivity contribution >= 4 is 11.7 Å². The minimum Gasteiger partial charge on any atom is -0.391 e. The third kappa shape index (κ3) is 3.41. The monoisotopic (exact) mass is 325 g/mol. The van der Waals surface area contributed by atoms with Gasteiger partial charge in [0.1, 0.15) is 5.82 Å². The number of likely N-dealkylation sites (tertiary alicyclic amines) is 1. The molecule has 1 amide bonds. The van der Waals surface area contributed by atoms with Crippen LogP contribution in [0.15, 0.2) is 42.6 Å². The van der Waals surface area contributed by atoms with Gasteiger partial charge in [-0.2, -0.15) is 0 Å². The summed E-state index contributed by atoms with van der Waals surface area (Å²) in [6, 6.07) is 11.6. The lowest BCUT2D eigenvalue weighted by molar-refractivity contribution is 0.0198. The van der Waals surface area contributed by atoms with Crippen LogP contribution in [-0.4, -0.2) is 40.1 Å². The Morgan fingerprint density at radius 3 is 2.83 bits per heavy atom. The van der Waals surface area contributed by atoms with Gasteiger partial charge in [-0.15, -0.1) is 0 Å². The third-order valence-corrected chi connectivity index (χ3v) is 4.82. The maximum absolute atomic E-state index is 12.6. The first-order valence-corrected chi connectivity index (χ1v) is 8.28. The number of aliphatic hydroxyl groups excluding tert-OH is 1. The molecule has 1 fully saturated rings. The standard InChI is InChI=1S/C19H23N3O2/c1-13-5-2-3-6-14(13)11-15-8-10-22(12-17(15)23)19(24)16-7-4-9-21-18(16)20/h2-7,9,15,17,23H,8,10-12H2,1H3,(H2,20,21)/t15-,17-/m1/s1. The van der Waals surface area contributed by atoms with E-state index < -0.39 is 6.10 Å². The summed E-state index contributed by atoms with van der Waals surface area (Å²) in [4.78, 5) is 18.2. The molecule has 0 saturated carbocycles. The van der Waals surface area contributed by atoms with E-state index in [0.717, 1.165) is 12.8 Å². The average molecular weight is 325 g/mol. The highest BCUT2D eigenvalue weighted by Crippen LogP contribution is 2.25. The summed E-state index contributed by atoms with van der Waals surface area (Å²) in [5.74, 6) is 0.245. The Kier molecular flexibility index (Phi) is 4.81. The number of aliphatic hydroxyl groups is 1. The minimum atomic E-state index is -0.528. The molecule has 5 nitrogen and oxygen atoms in total. The van der Waals surface area contributed by atoms with Gasteiger partial charge in [-0.05, 0) is 48.9 Å². The van der Waals surface area contributed by atoms with Gasteiger partial charge in [0, 0.05) is 19.3 Å². The molecule has 1 aliphatic rings. The van der Waals surface area contributed by atoms with Crippen molar-refractivity contribution in [1.82, 2.24) is 9.88 Å². The van der Waals surface area contributed by atoms with E-state index >= 15 is 0 Å². The highest BCUT2D eigenvalue weighted by atomic mass is 16.3. The van der Waals surface area contributed by atoms with Crippen molar-refractivity contribution in [2.24, 2.45) is 5.92 Å². The van der Waals surface area contributed by atoms with E-state index in [4.69, 9.17) is 5.73 Å². The number of benzene rings is 1. The molecule has 1 aliphatic heterocycles. The molecule has 2 aromatic rings. The molecule has 1 aromatic carbocycles. The molecular formula is C19H23N3O2. The van der Waals surface area contributed by atoms with Gasteiger partial charge in [-0.3, -0.25) is 4.79 Å². The molecule has 3 N–H and O–H groups in total. The van der Waals surface area contributed by atoms with Crippen LogP contribution in [-0.2, 0) is 6.42 Å². The van der Waals surface area contributed by atoms with Gasteiger partial charge < -0.3 is 15.7 Å². The Hall–Kier alpha value is -2.40. The number of amides is 1. The zero-order valence-electron chi connectivity index (χ0n) is 13.9. The number of aryl methyl sites for hydroxylation is 1. The highest BCUT2D eigenvalue weighted by molar-refractivity contribution is 5.98. The SMILES string of the molecule is Cc1ccccc1C[C@H]1CCN(C(=O)c2cccnc2N)C[C@H]1O. The van der Waals surface area contributed by atoms with E-state index in [0.29, 0.717) is 18.7 Å². The largest absolute Gasteiger partial charge is 0.391 e. The number of nitrogen functional groups attached to an aromatic ring is 1. The molecule has 2 atom stereocenters. The van der Waals surface area contributed by atoms with Crippen LogP contribution in [0.5, 0.6) is 0 Å². The number of anilines is 1. The quantitative estimate of drug-likeness (QED) is 0.905. The molecule has 24 heavy (non-hydrogen) atoms. The molecule has 0 radical (unpaired) electrons. The summed E-state index contributed by atoms with van der Waals surface area (Å²) in [6.45, 7) is 3.05. The number of rotatable bonds is 3. The fraction of sp³-hybridized carbons (Fsp3) is 0.368. The van der Waals surface area contributed by atoms with Crippen LogP contribution in [0.4, 0.5) is 5.82 Å². The lowest BCUT2D eigenvalue weighted by Crippen LogP contribution is -2.47. The van der Waals surface area contributed by atoms with Gasteiger partial charge in [0.2, 0.25) is 0 Å². The lowest BCUT2D eigenvalue weighted by Gasteiger charge is -2.36. The second-order valence-corrected chi connectivity index (χ2v) is 6.43. The van der Waals surface area contributed by atoms with Crippen LogP contribution < -0.4 is 5.73 Å². The fourth-order valence-corrected chi connectivity index (χ4v) is 3.29. The molecule has 126 valence electrons. The van der Waals surface area contributed by atoms with Gasteiger partial charge >= 0.3 is 0 Å². The van der Waals surface area contributed by atoms with E-state index in [1.165, 1.54) is 11.1 Å². The summed E-state index contributed by atoms with van der Waals surface area (Å²) < 4.78 is 0. The summed E-state index contributed by atoms with van der Waals surface area (Å²) in [5, 5.41) is 10.5. The highest BCUT2D eigenvalue weighted by Gasteiger charge is 2.31. The number of carbonyl (C=O) groups excluding carboxylic acids is 1. The average Bonchev–Trinajstić information content (AvgIpc) is 2.58. The van der Waals surface area contributed by atoms with Crippen LogP contribution in [0.25, 0.3) is 0 Å². The summed E-state index contributed by atoms with van der Waals surface area (Å²) in [7, 11) is 0. The molecule has 0 aliphatic carbocycles. The van der Waals surface area contributed by atoms with Crippen LogP contribution in [0, 0.1) is 12.8 Å². The Morgan fingerprint density at radius 2 is 2.12 bits per heavy atom. The molecule has 0 spiro atoms. The Labute approximate surface area is 142 Å². The predicted octanol–water partition coefficient (Wildman–Crippen LogP) is 2.04. The molecular weight excluding hydrogens is 302 g/mol. The van der Waals surface area contributed by atoms with Crippen molar-refractivity contribution in [3.63, 3.8) is 0 Å². The number of nitrogens with zero attached hydrogens (tertiary/aromatic N) is 2. The second-order valence-electron chi connectivity index (χ2n) is 6.43. The van der Waals surface area contributed by atoms with Crippen LogP contribution in [0.1, 0.15) is 27.9 Å². The van der Waals surface area contributed by atoms with Crippen LogP contribution in [0.2, 0.25) is 0 Å². The van der Waals surface area contributed by atoms with Gasteiger partial charge in [-0.1, -0.05) is 24.3 Å². The fourth-order valence-electron chi connectivity index (χ4n) is 3.29. The number of hydrogen-bond acceptors (Lipinski definition) is 4. The molecule has 3 rings (SSSR count). The Bertz CT molecular complexity index is 732.